The summed E-state index contributed by atoms with van der Waals surface area (Å²) in [4.78, 5) is 15.2. The number of Topliss-reactive ketones (excluding diaryl/α,β-unsaturated/α-hetero) is 1. The molecular formula is C12H13N3O2. The molecule has 0 aliphatic rings. The number of ether oxygens (including phenoxy) is 1. The number of carbonyl (C=O) groups excluding carboxylic acids is 1. The van der Waals surface area contributed by atoms with Crippen LogP contribution >= 0.6 is 0 Å². The number of benzene rings is 1. The topological polar surface area (TPSA) is 77.2 Å². The van der Waals surface area contributed by atoms with E-state index < -0.39 is 0 Å². The van der Waals surface area contributed by atoms with Gasteiger partial charge < -0.3 is 10.2 Å². The van der Waals surface area contributed by atoms with Crippen LogP contribution in [0.15, 0.2) is 30.3 Å². The Kier molecular flexibility index (Phi) is 3.20. The van der Waals surface area contributed by atoms with Crippen molar-refractivity contribution in [3.05, 3.63) is 30.3 Å². The molecule has 0 amide bonds. The lowest BCUT2D eigenvalue weighted by atomic mass is 10.2. The third kappa shape index (κ3) is 2.51. The molecule has 88 valence electrons. The minimum Gasteiger partial charge on any atom is -0.484 e. The Hall–Kier alpha value is -2.14. The minimum atomic E-state index is -0.0323. The molecule has 1 heterocycles. The van der Waals surface area contributed by atoms with Gasteiger partial charge in [0.1, 0.15) is 23.7 Å². The van der Waals surface area contributed by atoms with Crippen LogP contribution in [-0.2, 0) is 4.79 Å². The van der Waals surface area contributed by atoms with Gasteiger partial charge in [0.15, 0.2) is 5.78 Å². The Labute approximate surface area is 98.6 Å². The van der Waals surface area contributed by atoms with Crippen molar-refractivity contribution in [1.29, 1.82) is 0 Å². The third-order valence-electron chi connectivity index (χ3n) is 2.26. The van der Waals surface area contributed by atoms with Gasteiger partial charge in [0, 0.05) is 5.39 Å². The van der Waals surface area contributed by atoms with Gasteiger partial charge in [-0.15, -0.1) is 0 Å². The van der Waals surface area contributed by atoms with Crippen molar-refractivity contribution in [3.8, 4) is 5.75 Å². The summed E-state index contributed by atoms with van der Waals surface area (Å²) in [6.07, 6.45) is 0. The summed E-state index contributed by atoms with van der Waals surface area (Å²) in [5.41, 5.74) is 3.16. The van der Waals surface area contributed by atoms with Crippen LogP contribution in [0, 0.1) is 0 Å². The lowest BCUT2D eigenvalue weighted by Crippen LogP contribution is -2.09. The Balaban J connectivity index is 2.43. The smallest absolute Gasteiger partial charge is 0.167 e. The van der Waals surface area contributed by atoms with Crippen LogP contribution in [-0.4, -0.2) is 17.4 Å². The van der Waals surface area contributed by atoms with E-state index >= 15 is 0 Å². The van der Waals surface area contributed by atoms with Gasteiger partial charge in [-0.2, -0.15) is 0 Å². The summed E-state index contributed by atoms with van der Waals surface area (Å²) in [6.45, 7) is 1.52. The van der Waals surface area contributed by atoms with Crippen LogP contribution < -0.4 is 16.0 Å². The molecule has 2 aromatic rings. The van der Waals surface area contributed by atoms with Crippen LogP contribution in [0.3, 0.4) is 0 Å². The second-order valence-corrected chi connectivity index (χ2v) is 3.66. The molecule has 0 spiro atoms. The molecule has 0 fully saturated rings. The first-order valence-electron chi connectivity index (χ1n) is 5.19. The summed E-state index contributed by atoms with van der Waals surface area (Å²) in [6, 6.07) is 9.21. The molecule has 0 unspecified atom stereocenters. The molecule has 0 atom stereocenters. The lowest BCUT2D eigenvalue weighted by Gasteiger charge is -2.08. The van der Waals surface area contributed by atoms with Crippen LogP contribution in [0.2, 0.25) is 0 Å². The van der Waals surface area contributed by atoms with E-state index in [1.54, 1.807) is 12.1 Å². The number of hydrazine groups is 1. The summed E-state index contributed by atoms with van der Waals surface area (Å²) in [7, 11) is 0. The van der Waals surface area contributed by atoms with E-state index in [0.29, 0.717) is 17.1 Å². The Morgan fingerprint density at radius 2 is 2.24 bits per heavy atom. The quantitative estimate of drug-likeness (QED) is 0.615. The zero-order valence-corrected chi connectivity index (χ0v) is 9.43. The number of hydrogen-bond donors (Lipinski definition) is 2. The molecule has 17 heavy (non-hydrogen) atoms. The Morgan fingerprint density at radius 3 is 2.94 bits per heavy atom. The molecule has 0 aliphatic carbocycles. The number of pyridine rings is 1. The van der Waals surface area contributed by atoms with E-state index in [4.69, 9.17) is 10.6 Å². The van der Waals surface area contributed by atoms with E-state index in [-0.39, 0.29) is 12.4 Å². The number of para-hydroxylation sites is 1. The van der Waals surface area contributed by atoms with Gasteiger partial charge in [-0.25, -0.2) is 10.8 Å². The summed E-state index contributed by atoms with van der Waals surface area (Å²) >= 11 is 0. The average molecular weight is 231 g/mol. The minimum absolute atomic E-state index is 0.0323. The number of carbonyl (C=O) groups is 1. The molecular weight excluding hydrogens is 218 g/mol. The Morgan fingerprint density at radius 1 is 1.41 bits per heavy atom. The van der Waals surface area contributed by atoms with Gasteiger partial charge in [0.2, 0.25) is 0 Å². The van der Waals surface area contributed by atoms with Crippen molar-refractivity contribution in [1.82, 2.24) is 4.98 Å². The first-order valence-corrected chi connectivity index (χ1v) is 5.19. The fraction of sp³-hybridized carbons (Fsp3) is 0.167. The van der Waals surface area contributed by atoms with Gasteiger partial charge in [-0.3, -0.25) is 4.79 Å². The number of nitrogens with two attached hydrogens (primary N) is 1. The number of ketones is 1. The number of nitrogens with zero attached hydrogens (tertiary/aromatic N) is 1. The van der Waals surface area contributed by atoms with Crippen molar-refractivity contribution in [3.63, 3.8) is 0 Å². The monoisotopic (exact) mass is 231 g/mol. The maximum absolute atomic E-state index is 10.9. The van der Waals surface area contributed by atoms with Crippen LogP contribution in [0.4, 0.5) is 5.82 Å². The normalized spacial score (nSPS) is 10.2. The number of anilines is 1. The predicted octanol–water partition coefficient (Wildman–Crippen LogP) is 1.49. The molecule has 5 nitrogen and oxygen atoms in total. The van der Waals surface area contributed by atoms with Crippen molar-refractivity contribution in [2.24, 2.45) is 5.84 Å². The Bertz CT molecular complexity index is 554. The van der Waals surface area contributed by atoms with E-state index in [0.717, 1.165) is 5.39 Å². The first kappa shape index (κ1) is 11.3. The first-order chi connectivity index (χ1) is 8.20. The number of rotatable bonds is 4. The molecule has 0 radical (unpaired) electrons. The zero-order chi connectivity index (χ0) is 12.3. The van der Waals surface area contributed by atoms with E-state index in [1.165, 1.54) is 6.92 Å². The maximum Gasteiger partial charge on any atom is 0.167 e. The standard InChI is InChI=1S/C12H13N3O2/c1-8(16)7-17-10-4-2-3-9-5-6-11(15-13)14-12(9)10/h2-6H,7,13H2,1H3,(H,14,15). The highest BCUT2D eigenvalue weighted by Gasteiger charge is 2.05. The summed E-state index contributed by atoms with van der Waals surface area (Å²) < 4.78 is 5.40. The van der Waals surface area contributed by atoms with Crippen molar-refractivity contribution < 1.29 is 9.53 Å². The number of nitrogens with one attached hydrogen (secondary N) is 1. The van der Waals surface area contributed by atoms with E-state index in [1.807, 2.05) is 18.2 Å². The predicted molar refractivity (Wildman–Crippen MR) is 65.7 cm³/mol. The molecule has 3 N–H and O–H groups in total. The molecule has 0 saturated heterocycles. The van der Waals surface area contributed by atoms with E-state index in [9.17, 15) is 4.79 Å². The molecule has 5 heteroatoms. The molecule has 0 saturated carbocycles. The fourth-order valence-electron chi connectivity index (χ4n) is 1.50. The maximum atomic E-state index is 10.9. The SMILES string of the molecule is CC(=O)COc1cccc2ccc(NN)nc12. The zero-order valence-electron chi connectivity index (χ0n) is 9.43. The van der Waals surface area contributed by atoms with Gasteiger partial charge >= 0.3 is 0 Å². The summed E-state index contributed by atoms with van der Waals surface area (Å²) in [5.74, 6) is 6.40. The van der Waals surface area contributed by atoms with Crippen molar-refractivity contribution in [2.45, 2.75) is 6.92 Å². The van der Waals surface area contributed by atoms with Crippen LogP contribution in [0.25, 0.3) is 10.9 Å². The third-order valence-corrected chi connectivity index (χ3v) is 2.26. The van der Waals surface area contributed by atoms with Gasteiger partial charge in [0.05, 0.1) is 0 Å². The molecule has 2 rings (SSSR count). The van der Waals surface area contributed by atoms with E-state index in [2.05, 4.69) is 10.4 Å². The second kappa shape index (κ2) is 4.80. The molecule has 0 aliphatic heterocycles. The van der Waals surface area contributed by atoms with Crippen molar-refractivity contribution in [2.75, 3.05) is 12.0 Å². The highest BCUT2D eigenvalue weighted by atomic mass is 16.5. The molecule has 1 aromatic heterocycles. The van der Waals surface area contributed by atoms with Gasteiger partial charge in [-0.05, 0) is 25.1 Å². The summed E-state index contributed by atoms with van der Waals surface area (Å²) in [5, 5.41) is 0.935. The van der Waals surface area contributed by atoms with Crippen LogP contribution in [0.1, 0.15) is 6.92 Å². The number of aromatic nitrogens is 1. The van der Waals surface area contributed by atoms with Gasteiger partial charge in [-0.1, -0.05) is 12.1 Å². The number of hydrogen-bond acceptors (Lipinski definition) is 5. The fourth-order valence-corrected chi connectivity index (χ4v) is 1.50. The average Bonchev–Trinajstić information content (AvgIpc) is 2.35. The largest absolute Gasteiger partial charge is 0.484 e. The highest BCUT2D eigenvalue weighted by molar-refractivity contribution is 5.86. The second-order valence-electron chi connectivity index (χ2n) is 3.66. The lowest BCUT2D eigenvalue weighted by molar-refractivity contribution is -0.118. The highest BCUT2D eigenvalue weighted by Crippen LogP contribution is 2.24. The number of nitrogen functional groups attached to an aromatic ring is 1. The van der Waals surface area contributed by atoms with Gasteiger partial charge in [0.25, 0.3) is 0 Å². The molecule has 1 aromatic carbocycles. The molecule has 0 bridgehead atoms. The van der Waals surface area contributed by atoms with Crippen LogP contribution in [0.5, 0.6) is 5.75 Å². The van der Waals surface area contributed by atoms with Crippen molar-refractivity contribution >= 4 is 22.5 Å². The number of fused-ring (bicyclic) bond motifs is 1.